The van der Waals surface area contributed by atoms with Crippen LogP contribution < -0.4 is 0 Å². The van der Waals surface area contributed by atoms with Gasteiger partial charge in [-0.1, -0.05) is 0 Å². The summed E-state index contributed by atoms with van der Waals surface area (Å²) in [4.78, 5) is 10.9. The molecule has 0 radical (unpaired) electrons. The zero-order valence-corrected chi connectivity index (χ0v) is 9.29. The van der Waals surface area contributed by atoms with Crippen LogP contribution in [0, 0.1) is 0 Å². The summed E-state index contributed by atoms with van der Waals surface area (Å²) < 4.78 is 2.22. The number of hydrogen-bond donors (Lipinski definition) is 1. The van der Waals surface area contributed by atoms with Gasteiger partial charge in [0.25, 0.3) is 0 Å². The first kappa shape index (κ1) is 10.2. The van der Waals surface area contributed by atoms with Gasteiger partial charge in [0.1, 0.15) is 10.0 Å². The molecule has 72 valence electrons. The van der Waals surface area contributed by atoms with E-state index in [1.165, 1.54) is 0 Å². The number of carboxylic acid groups (broad SMARTS) is 1. The Hall–Kier alpha value is -0.840. The summed E-state index contributed by atoms with van der Waals surface area (Å²) in [5.41, 5.74) is -0.236. The van der Waals surface area contributed by atoms with Gasteiger partial charge in [-0.05, 0) is 35.8 Å². The van der Waals surface area contributed by atoms with Gasteiger partial charge in [0, 0.05) is 7.05 Å². The van der Waals surface area contributed by atoms with E-state index in [4.69, 9.17) is 5.11 Å². The summed E-state index contributed by atoms with van der Waals surface area (Å²) in [6, 6.07) is 1.72. The van der Waals surface area contributed by atoms with Gasteiger partial charge in [0.15, 0.2) is 0 Å². The van der Waals surface area contributed by atoms with Crippen molar-refractivity contribution < 1.29 is 9.90 Å². The minimum Gasteiger partial charge on any atom is -0.481 e. The largest absolute Gasteiger partial charge is 0.481 e. The molecule has 0 aliphatic rings. The molecule has 1 rings (SSSR count). The minimum absolute atomic E-state index is 0.652. The van der Waals surface area contributed by atoms with Crippen molar-refractivity contribution in [2.24, 2.45) is 7.05 Å². The molecule has 0 aliphatic heterocycles. The Morgan fingerprint density at radius 3 is 2.54 bits per heavy atom. The van der Waals surface area contributed by atoms with Crippen LogP contribution in [-0.4, -0.2) is 20.9 Å². The van der Waals surface area contributed by atoms with Crippen molar-refractivity contribution in [3.8, 4) is 0 Å². The smallest absolute Gasteiger partial charge is 0.315 e. The van der Waals surface area contributed by atoms with E-state index in [9.17, 15) is 4.79 Å². The monoisotopic (exact) mass is 246 g/mol. The number of nitrogens with zero attached hydrogens (tertiary/aromatic N) is 2. The molecule has 0 unspecified atom stereocenters. The maximum atomic E-state index is 10.9. The Morgan fingerprint density at radius 2 is 2.23 bits per heavy atom. The predicted octanol–water partition coefficient (Wildman–Crippen LogP) is 1.54. The van der Waals surface area contributed by atoms with E-state index >= 15 is 0 Å². The number of carboxylic acids is 1. The Balaban J connectivity index is 3.21. The zero-order valence-electron chi connectivity index (χ0n) is 7.71. The first-order valence-corrected chi connectivity index (χ1v) is 4.58. The van der Waals surface area contributed by atoms with E-state index < -0.39 is 11.4 Å². The molecule has 0 amide bonds. The highest BCUT2D eigenvalue weighted by atomic mass is 79.9. The van der Waals surface area contributed by atoms with Crippen molar-refractivity contribution in [1.82, 2.24) is 9.78 Å². The second kappa shape index (κ2) is 3.14. The Labute approximate surface area is 84.7 Å². The first-order valence-electron chi connectivity index (χ1n) is 3.79. The van der Waals surface area contributed by atoms with Crippen LogP contribution >= 0.6 is 15.9 Å². The van der Waals surface area contributed by atoms with E-state index in [2.05, 4.69) is 21.0 Å². The molecule has 4 nitrogen and oxygen atoms in total. The van der Waals surface area contributed by atoms with Crippen LogP contribution in [0.15, 0.2) is 10.7 Å². The van der Waals surface area contributed by atoms with E-state index in [1.807, 2.05) is 0 Å². The summed E-state index contributed by atoms with van der Waals surface area (Å²) >= 11 is 3.20. The zero-order chi connectivity index (χ0) is 10.2. The molecular weight excluding hydrogens is 236 g/mol. The van der Waals surface area contributed by atoms with Crippen LogP contribution in [0.3, 0.4) is 0 Å². The number of halogens is 1. The van der Waals surface area contributed by atoms with Crippen molar-refractivity contribution in [2.75, 3.05) is 0 Å². The summed E-state index contributed by atoms with van der Waals surface area (Å²) in [6.07, 6.45) is 0. The molecule has 0 fully saturated rings. The van der Waals surface area contributed by atoms with Crippen LogP contribution in [0.25, 0.3) is 0 Å². The van der Waals surface area contributed by atoms with Crippen molar-refractivity contribution in [3.05, 3.63) is 16.4 Å². The van der Waals surface area contributed by atoms with Gasteiger partial charge in [0.05, 0.1) is 5.69 Å². The molecular formula is C8H11BrN2O2. The molecule has 1 N–H and O–H groups in total. The van der Waals surface area contributed by atoms with Gasteiger partial charge < -0.3 is 5.11 Å². The van der Waals surface area contributed by atoms with Gasteiger partial charge in [-0.3, -0.25) is 9.48 Å². The average Bonchev–Trinajstić information content (AvgIpc) is 2.30. The fourth-order valence-electron chi connectivity index (χ4n) is 1.13. The normalized spacial score (nSPS) is 11.7. The molecule has 0 saturated carbocycles. The maximum Gasteiger partial charge on any atom is 0.315 e. The van der Waals surface area contributed by atoms with E-state index in [1.54, 1.807) is 31.6 Å². The highest BCUT2D eigenvalue weighted by Gasteiger charge is 2.32. The third-order valence-electron chi connectivity index (χ3n) is 2.03. The van der Waals surface area contributed by atoms with Gasteiger partial charge in [0.2, 0.25) is 0 Å². The van der Waals surface area contributed by atoms with Crippen molar-refractivity contribution >= 4 is 21.9 Å². The molecule has 1 heterocycles. The summed E-state index contributed by atoms with van der Waals surface area (Å²) in [5.74, 6) is -0.858. The van der Waals surface area contributed by atoms with Crippen molar-refractivity contribution in [1.29, 1.82) is 0 Å². The quantitative estimate of drug-likeness (QED) is 0.862. The fraction of sp³-hybridized carbons (Fsp3) is 0.500. The lowest BCUT2D eigenvalue weighted by molar-refractivity contribution is -0.142. The Kier molecular flexibility index (Phi) is 2.47. The third kappa shape index (κ3) is 1.75. The topological polar surface area (TPSA) is 55.1 Å². The molecule has 5 heteroatoms. The Bertz CT molecular complexity index is 344. The van der Waals surface area contributed by atoms with Gasteiger partial charge in [-0.2, -0.15) is 5.10 Å². The lowest BCUT2D eigenvalue weighted by atomic mass is 9.89. The van der Waals surface area contributed by atoms with Crippen LogP contribution in [0.1, 0.15) is 19.5 Å². The SMILES string of the molecule is Cn1nc(Br)cc1C(C)(C)C(=O)O. The van der Waals surface area contributed by atoms with Gasteiger partial charge in [-0.15, -0.1) is 0 Å². The molecule has 0 aromatic carbocycles. The average molecular weight is 247 g/mol. The first-order chi connectivity index (χ1) is 5.85. The molecule has 0 spiro atoms. The lowest BCUT2D eigenvalue weighted by Gasteiger charge is -2.18. The highest BCUT2D eigenvalue weighted by molar-refractivity contribution is 9.10. The van der Waals surface area contributed by atoms with Crippen LogP contribution in [0.4, 0.5) is 0 Å². The summed E-state index contributed by atoms with van der Waals surface area (Å²) in [7, 11) is 1.73. The molecule has 13 heavy (non-hydrogen) atoms. The van der Waals surface area contributed by atoms with Crippen LogP contribution in [0.2, 0.25) is 0 Å². The highest BCUT2D eigenvalue weighted by Crippen LogP contribution is 2.25. The molecule has 0 saturated heterocycles. The molecule has 1 aromatic rings. The summed E-state index contributed by atoms with van der Waals surface area (Å²) in [6.45, 7) is 3.30. The third-order valence-corrected chi connectivity index (χ3v) is 2.41. The second-order valence-electron chi connectivity index (χ2n) is 3.41. The summed E-state index contributed by atoms with van der Waals surface area (Å²) in [5, 5.41) is 13.0. The van der Waals surface area contributed by atoms with Crippen LogP contribution in [0.5, 0.6) is 0 Å². The molecule has 0 atom stereocenters. The number of aliphatic carboxylic acids is 1. The Morgan fingerprint density at radius 1 is 1.69 bits per heavy atom. The fourth-order valence-corrected chi connectivity index (χ4v) is 1.58. The number of carbonyl (C=O) groups is 1. The van der Waals surface area contributed by atoms with Crippen LogP contribution in [-0.2, 0) is 17.3 Å². The molecule has 1 aromatic heterocycles. The number of aryl methyl sites for hydroxylation is 1. The maximum absolute atomic E-state index is 10.9. The number of hydrogen-bond acceptors (Lipinski definition) is 2. The van der Waals surface area contributed by atoms with Gasteiger partial charge >= 0.3 is 5.97 Å². The van der Waals surface area contributed by atoms with Crippen molar-refractivity contribution in [2.45, 2.75) is 19.3 Å². The molecule has 0 aliphatic carbocycles. The predicted molar refractivity (Wildman–Crippen MR) is 51.6 cm³/mol. The number of rotatable bonds is 2. The van der Waals surface area contributed by atoms with E-state index in [0.717, 1.165) is 0 Å². The number of aromatic nitrogens is 2. The van der Waals surface area contributed by atoms with Gasteiger partial charge in [-0.25, -0.2) is 0 Å². The van der Waals surface area contributed by atoms with E-state index in [-0.39, 0.29) is 0 Å². The lowest BCUT2D eigenvalue weighted by Crippen LogP contribution is -2.30. The standard InChI is InChI=1S/C8H11BrN2O2/c1-8(2,7(12)13)5-4-6(9)10-11(5)3/h4H,1-3H3,(H,12,13). The van der Waals surface area contributed by atoms with E-state index in [0.29, 0.717) is 10.3 Å². The molecule has 0 bridgehead atoms. The van der Waals surface area contributed by atoms with Crippen molar-refractivity contribution in [3.63, 3.8) is 0 Å². The second-order valence-corrected chi connectivity index (χ2v) is 4.22. The minimum atomic E-state index is -0.909.